The van der Waals surface area contributed by atoms with Gasteiger partial charge in [-0.2, -0.15) is 0 Å². The number of hydrogen-bond donors (Lipinski definition) is 2. The minimum Gasteiger partial charge on any atom is -0.491 e. The van der Waals surface area contributed by atoms with Crippen LogP contribution in [0, 0.1) is 5.82 Å². The van der Waals surface area contributed by atoms with E-state index in [0.717, 1.165) is 6.08 Å². The van der Waals surface area contributed by atoms with E-state index >= 15 is 0 Å². The summed E-state index contributed by atoms with van der Waals surface area (Å²) in [6.07, 6.45) is 3.07. The predicted octanol–water partition coefficient (Wildman–Crippen LogP) is 4.31. The standard InChI is InChI=1S/C25H25ClFN5O4/c1-3-23(33)31-21-10-17-20(28-14-29-25(17)30-16-5-6-19(27)18(26)9-16)11-22(21)35-8-4-7-32-12-15(2)36-24(34)13-32/h3,5-6,9-11,14-15H,1,4,7-8,12-13H2,2H3,(H,31,33)(H,28,29,30). The molecule has 0 radical (unpaired) electrons. The van der Waals surface area contributed by atoms with Gasteiger partial charge in [0.2, 0.25) is 5.91 Å². The zero-order valence-corrected chi connectivity index (χ0v) is 20.3. The molecule has 2 N–H and O–H groups in total. The highest BCUT2D eigenvalue weighted by Gasteiger charge is 2.23. The van der Waals surface area contributed by atoms with Crippen LogP contribution in [0.25, 0.3) is 10.9 Å². The monoisotopic (exact) mass is 513 g/mol. The van der Waals surface area contributed by atoms with Crippen molar-refractivity contribution in [2.75, 3.05) is 36.9 Å². The minimum absolute atomic E-state index is 0.0242. The van der Waals surface area contributed by atoms with E-state index in [-0.39, 0.29) is 23.6 Å². The van der Waals surface area contributed by atoms with E-state index in [2.05, 4.69) is 27.2 Å². The van der Waals surface area contributed by atoms with E-state index in [4.69, 9.17) is 21.1 Å². The summed E-state index contributed by atoms with van der Waals surface area (Å²) in [5, 5.41) is 6.44. The molecule has 2 heterocycles. The molecular weight excluding hydrogens is 489 g/mol. The molecule has 1 saturated heterocycles. The fourth-order valence-electron chi connectivity index (χ4n) is 3.85. The topological polar surface area (TPSA) is 106 Å². The van der Waals surface area contributed by atoms with Crippen LogP contribution >= 0.6 is 11.6 Å². The summed E-state index contributed by atoms with van der Waals surface area (Å²) in [7, 11) is 0. The van der Waals surface area contributed by atoms with Gasteiger partial charge < -0.3 is 20.1 Å². The lowest BCUT2D eigenvalue weighted by molar-refractivity contribution is -0.157. The fourth-order valence-corrected chi connectivity index (χ4v) is 4.03. The molecule has 0 bridgehead atoms. The molecule has 3 aromatic rings. The van der Waals surface area contributed by atoms with E-state index in [1.165, 1.54) is 24.5 Å². The Kier molecular flexibility index (Phi) is 7.97. The highest BCUT2D eigenvalue weighted by molar-refractivity contribution is 6.31. The van der Waals surface area contributed by atoms with Crippen molar-refractivity contribution in [2.24, 2.45) is 0 Å². The van der Waals surface area contributed by atoms with Crippen molar-refractivity contribution in [3.63, 3.8) is 0 Å². The Balaban J connectivity index is 1.53. The van der Waals surface area contributed by atoms with E-state index in [1.54, 1.807) is 12.1 Å². The maximum Gasteiger partial charge on any atom is 0.320 e. The van der Waals surface area contributed by atoms with Crippen molar-refractivity contribution in [3.8, 4) is 5.75 Å². The van der Waals surface area contributed by atoms with Crippen molar-refractivity contribution in [1.82, 2.24) is 14.9 Å². The molecular formula is C25H25ClFN5O4. The van der Waals surface area contributed by atoms with E-state index in [0.29, 0.717) is 60.0 Å². The number of esters is 1. The first-order valence-electron chi connectivity index (χ1n) is 11.3. The number of rotatable bonds is 9. The van der Waals surface area contributed by atoms with Crippen LogP contribution in [0.4, 0.5) is 21.6 Å². The molecule has 1 amide bonds. The quantitative estimate of drug-likeness (QED) is 0.248. The summed E-state index contributed by atoms with van der Waals surface area (Å²) in [6.45, 7) is 7.31. The van der Waals surface area contributed by atoms with Gasteiger partial charge in [-0.15, -0.1) is 0 Å². The van der Waals surface area contributed by atoms with Crippen molar-refractivity contribution in [3.05, 3.63) is 60.2 Å². The van der Waals surface area contributed by atoms with Gasteiger partial charge in [0, 0.05) is 30.2 Å². The first kappa shape index (κ1) is 25.3. The van der Waals surface area contributed by atoms with Crippen LogP contribution in [0.1, 0.15) is 13.3 Å². The number of ether oxygens (including phenoxy) is 2. The van der Waals surface area contributed by atoms with Crippen molar-refractivity contribution >= 4 is 51.6 Å². The maximum absolute atomic E-state index is 13.5. The van der Waals surface area contributed by atoms with Crippen LogP contribution < -0.4 is 15.4 Å². The average Bonchev–Trinajstić information content (AvgIpc) is 2.84. The number of nitrogens with one attached hydrogen (secondary N) is 2. The molecule has 1 unspecified atom stereocenters. The molecule has 4 rings (SSSR count). The average molecular weight is 514 g/mol. The van der Waals surface area contributed by atoms with Crippen LogP contribution in [0.5, 0.6) is 5.75 Å². The van der Waals surface area contributed by atoms with Crippen molar-refractivity contribution < 1.29 is 23.5 Å². The number of hydrogen-bond acceptors (Lipinski definition) is 8. The van der Waals surface area contributed by atoms with Crippen molar-refractivity contribution in [2.45, 2.75) is 19.4 Å². The van der Waals surface area contributed by atoms with E-state index < -0.39 is 11.7 Å². The Labute approximate surface area is 212 Å². The molecule has 0 saturated carbocycles. The van der Waals surface area contributed by atoms with Crippen LogP contribution in [0.3, 0.4) is 0 Å². The van der Waals surface area contributed by atoms with Gasteiger partial charge in [0.1, 0.15) is 29.8 Å². The molecule has 1 aliphatic heterocycles. The normalized spacial score (nSPS) is 15.9. The third-order valence-corrected chi connectivity index (χ3v) is 5.73. The molecule has 2 aromatic carbocycles. The summed E-state index contributed by atoms with van der Waals surface area (Å²) < 4.78 is 24.7. The maximum atomic E-state index is 13.5. The first-order valence-corrected chi connectivity index (χ1v) is 11.7. The van der Waals surface area contributed by atoms with Gasteiger partial charge in [0.05, 0.1) is 29.4 Å². The number of amides is 1. The first-order chi connectivity index (χ1) is 17.3. The van der Waals surface area contributed by atoms with E-state index in [1.807, 2.05) is 11.8 Å². The van der Waals surface area contributed by atoms with Crippen molar-refractivity contribution in [1.29, 1.82) is 0 Å². The van der Waals surface area contributed by atoms with Gasteiger partial charge in [-0.3, -0.25) is 14.5 Å². The molecule has 1 aliphatic rings. The number of cyclic esters (lactones) is 1. The van der Waals surface area contributed by atoms with Gasteiger partial charge in [-0.1, -0.05) is 18.2 Å². The molecule has 1 fully saturated rings. The largest absolute Gasteiger partial charge is 0.491 e. The third kappa shape index (κ3) is 6.27. The number of morpholine rings is 1. The number of anilines is 3. The molecule has 36 heavy (non-hydrogen) atoms. The van der Waals surface area contributed by atoms with Crippen LogP contribution in [-0.4, -0.2) is 59.1 Å². The Bertz CT molecular complexity index is 1300. The summed E-state index contributed by atoms with van der Waals surface area (Å²) in [5.74, 6) is -0.295. The smallest absolute Gasteiger partial charge is 0.320 e. The Morgan fingerprint density at radius 3 is 2.94 bits per heavy atom. The third-order valence-electron chi connectivity index (χ3n) is 5.44. The number of nitrogens with zero attached hydrogens (tertiary/aromatic N) is 3. The molecule has 188 valence electrons. The predicted molar refractivity (Wildman–Crippen MR) is 135 cm³/mol. The zero-order valence-electron chi connectivity index (χ0n) is 19.6. The summed E-state index contributed by atoms with van der Waals surface area (Å²) in [4.78, 5) is 34.3. The van der Waals surface area contributed by atoms with Gasteiger partial charge in [0.25, 0.3) is 0 Å². The second-order valence-electron chi connectivity index (χ2n) is 8.27. The van der Waals surface area contributed by atoms with Crippen LogP contribution in [0.2, 0.25) is 5.02 Å². The number of halogens is 2. The Morgan fingerprint density at radius 2 is 2.19 bits per heavy atom. The van der Waals surface area contributed by atoms with Gasteiger partial charge in [-0.25, -0.2) is 14.4 Å². The van der Waals surface area contributed by atoms with Crippen LogP contribution in [-0.2, 0) is 14.3 Å². The van der Waals surface area contributed by atoms with Crippen LogP contribution in [0.15, 0.2) is 49.3 Å². The Morgan fingerprint density at radius 1 is 1.36 bits per heavy atom. The lowest BCUT2D eigenvalue weighted by Gasteiger charge is -2.30. The SMILES string of the molecule is C=CC(=O)Nc1cc2c(Nc3ccc(F)c(Cl)c3)ncnc2cc1OCCCN1CC(=O)OC(C)C1. The second-order valence-corrected chi connectivity index (χ2v) is 8.68. The molecule has 11 heteroatoms. The summed E-state index contributed by atoms with van der Waals surface area (Å²) in [5.41, 5.74) is 1.52. The molecule has 0 spiro atoms. The zero-order chi connectivity index (χ0) is 25.7. The van der Waals surface area contributed by atoms with Gasteiger partial charge in [0.15, 0.2) is 0 Å². The van der Waals surface area contributed by atoms with Gasteiger partial charge >= 0.3 is 5.97 Å². The number of aromatic nitrogens is 2. The number of fused-ring (bicyclic) bond motifs is 1. The minimum atomic E-state index is -0.527. The highest BCUT2D eigenvalue weighted by atomic mass is 35.5. The second kappa shape index (κ2) is 11.3. The molecule has 0 aliphatic carbocycles. The number of benzene rings is 2. The van der Waals surface area contributed by atoms with Gasteiger partial charge in [-0.05, 0) is 43.7 Å². The molecule has 1 aromatic heterocycles. The lowest BCUT2D eigenvalue weighted by Crippen LogP contribution is -2.44. The highest BCUT2D eigenvalue weighted by Crippen LogP contribution is 2.34. The summed E-state index contributed by atoms with van der Waals surface area (Å²) >= 11 is 5.89. The summed E-state index contributed by atoms with van der Waals surface area (Å²) in [6, 6.07) is 7.64. The molecule has 9 nitrogen and oxygen atoms in total. The number of carbonyl (C=O) groups is 2. The lowest BCUT2D eigenvalue weighted by atomic mass is 10.1. The van der Waals surface area contributed by atoms with E-state index in [9.17, 15) is 14.0 Å². The Hall–Kier alpha value is -3.76. The number of carbonyl (C=O) groups excluding carboxylic acids is 2. The fraction of sp³-hybridized carbons (Fsp3) is 0.280. The molecule has 1 atom stereocenters.